The van der Waals surface area contributed by atoms with Gasteiger partial charge in [0.1, 0.15) is 17.9 Å². The second-order valence-corrected chi connectivity index (χ2v) is 22.5. The summed E-state index contributed by atoms with van der Waals surface area (Å²) in [6.07, 6.45) is 10.0. The summed E-state index contributed by atoms with van der Waals surface area (Å²) in [6.45, 7) is 11.5. The van der Waals surface area contributed by atoms with Gasteiger partial charge in [0.25, 0.3) is 5.91 Å². The van der Waals surface area contributed by atoms with Crippen LogP contribution >= 0.6 is 33.9 Å². The first kappa shape index (κ1) is 62.0. The van der Waals surface area contributed by atoms with Crippen LogP contribution in [0.5, 0.6) is 0 Å². The van der Waals surface area contributed by atoms with Gasteiger partial charge in [-0.05, 0) is 140 Å². The van der Waals surface area contributed by atoms with Gasteiger partial charge in [-0.2, -0.15) is 0 Å². The molecular weight excluding hydrogens is 1130 g/mol. The molecule has 1 saturated heterocycles. The van der Waals surface area contributed by atoms with Crippen molar-refractivity contribution in [2.75, 3.05) is 38.1 Å². The van der Waals surface area contributed by atoms with Crippen LogP contribution in [0.3, 0.4) is 0 Å². The van der Waals surface area contributed by atoms with Gasteiger partial charge in [-0.15, -0.1) is 11.3 Å². The molecule has 1 fully saturated rings. The van der Waals surface area contributed by atoms with Gasteiger partial charge in [0.05, 0.1) is 45.7 Å². The van der Waals surface area contributed by atoms with Crippen molar-refractivity contribution in [1.29, 1.82) is 0 Å². The third-order valence-corrected chi connectivity index (χ3v) is 14.9. The lowest BCUT2D eigenvalue weighted by Crippen LogP contribution is -2.58. The molecular formula is C55H73F3IN11O6S. The van der Waals surface area contributed by atoms with E-state index in [2.05, 4.69) is 47.1 Å². The van der Waals surface area contributed by atoms with Crippen LogP contribution in [-0.4, -0.2) is 90.3 Å². The lowest BCUT2D eigenvalue weighted by atomic mass is 9.85. The Balaban J connectivity index is 0.985. The van der Waals surface area contributed by atoms with Gasteiger partial charge in [-0.3, -0.25) is 28.8 Å². The number of hydrogen-bond donors (Lipinski definition) is 6. The van der Waals surface area contributed by atoms with E-state index < -0.39 is 52.6 Å². The van der Waals surface area contributed by atoms with Crippen LogP contribution in [0, 0.1) is 33.4 Å². The second-order valence-electron chi connectivity index (χ2n) is 20.4. The number of hydrogen-bond acceptors (Lipinski definition) is 11. The van der Waals surface area contributed by atoms with Gasteiger partial charge in [0.15, 0.2) is 11.6 Å². The molecule has 5 rings (SSSR count). The molecule has 17 nitrogen and oxygen atoms in total. The van der Waals surface area contributed by atoms with Crippen LogP contribution in [0.1, 0.15) is 145 Å². The van der Waals surface area contributed by atoms with Crippen molar-refractivity contribution >= 4 is 74.8 Å². The molecule has 418 valence electrons. The number of anilines is 2. The van der Waals surface area contributed by atoms with Crippen LogP contribution in [0.2, 0.25) is 0 Å². The lowest BCUT2D eigenvalue weighted by Gasteiger charge is -2.35. The highest BCUT2D eigenvalue weighted by molar-refractivity contribution is 14.1. The summed E-state index contributed by atoms with van der Waals surface area (Å²) in [6, 6.07) is 11.3. The molecule has 77 heavy (non-hydrogen) atoms. The van der Waals surface area contributed by atoms with Crippen LogP contribution in [0.25, 0.3) is 20.9 Å². The molecule has 1 aromatic heterocycles. The Morgan fingerprint density at radius 3 is 2.22 bits per heavy atom. The van der Waals surface area contributed by atoms with Gasteiger partial charge in [0, 0.05) is 40.5 Å². The third kappa shape index (κ3) is 19.9. The first-order valence-electron chi connectivity index (χ1n) is 26.4. The number of hydroxylamine groups is 1. The number of benzene rings is 3. The summed E-state index contributed by atoms with van der Waals surface area (Å²) < 4.78 is 43.8. The van der Waals surface area contributed by atoms with E-state index in [0.29, 0.717) is 42.3 Å². The summed E-state index contributed by atoms with van der Waals surface area (Å²) in [5.74, 6) is -5.21. The highest BCUT2D eigenvalue weighted by Crippen LogP contribution is 2.31. The van der Waals surface area contributed by atoms with E-state index in [1.54, 1.807) is 17.4 Å². The molecule has 0 saturated carbocycles. The molecule has 5 amide bonds. The van der Waals surface area contributed by atoms with E-state index in [1.165, 1.54) is 17.0 Å². The van der Waals surface area contributed by atoms with Gasteiger partial charge >= 0.3 is 0 Å². The highest BCUT2D eigenvalue weighted by atomic mass is 127. The van der Waals surface area contributed by atoms with Crippen molar-refractivity contribution in [3.05, 3.63) is 108 Å². The molecule has 1 aliphatic rings. The number of aryl methyl sites for hydroxylation is 1. The molecule has 22 heteroatoms. The van der Waals surface area contributed by atoms with Crippen LogP contribution in [0.4, 0.5) is 24.5 Å². The fourth-order valence-electron chi connectivity index (χ4n) is 8.94. The van der Waals surface area contributed by atoms with E-state index >= 15 is 0 Å². The van der Waals surface area contributed by atoms with Crippen molar-refractivity contribution in [3.8, 4) is 10.4 Å². The minimum absolute atomic E-state index is 0.102. The first-order chi connectivity index (χ1) is 36.9. The van der Waals surface area contributed by atoms with E-state index in [4.69, 9.17) is 10.4 Å². The van der Waals surface area contributed by atoms with E-state index in [9.17, 15) is 37.1 Å². The van der Waals surface area contributed by atoms with Crippen LogP contribution < -0.4 is 32.1 Å². The molecule has 4 atom stereocenters. The molecule has 3 aromatic carbocycles. The number of nitrogens with zero attached hydrogens (tertiary/aromatic N) is 5. The summed E-state index contributed by atoms with van der Waals surface area (Å²) in [7, 11) is 0. The standard InChI is InChI=1S/C55H73F3IN11O6S/c1-35(37-19-21-38(22-20-37)50-36(2)62-34-77-50)64-53(74)45-32-40(65-46(71)18-13-15-29-63-69-60)33-70(45)54(75)51(55(3,4)5)67-47(72)17-12-10-8-6-7-9-11-14-27-61-28-16-30-76-68-52(73)41-24-25-42(56)48(58)49(41)66-44-26-23-39(59)31-43(44)57/h19-26,31,34-35,40,45,51,61,66H,6-18,27-30,32-33H2,1-5H3,(H,64,74)(H,65,71)(H,67,72)(H,68,73)/t35-,40+,45-,51+/m0/s1. The van der Waals surface area contributed by atoms with Gasteiger partial charge in [-0.1, -0.05) is 88.7 Å². The van der Waals surface area contributed by atoms with Crippen molar-refractivity contribution in [1.82, 2.24) is 36.6 Å². The van der Waals surface area contributed by atoms with E-state index in [0.717, 1.165) is 85.3 Å². The Morgan fingerprint density at radius 1 is 0.870 bits per heavy atom. The maximum Gasteiger partial charge on any atom is 0.277 e. The average molecular weight is 1200 g/mol. The lowest BCUT2D eigenvalue weighted by molar-refractivity contribution is -0.144. The molecule has 0 radical (unpaired) electrons. The molecule has 0 bridgehead atoms. The van der Waals surface area contributed by atoms with Crippen LogP contribution in [-0.2, 0) is 24.0 Å². The number of carbonyl (C=O) groups excluding carboxylic acids is 5. The average Bonchev–Trinajstić information content (AvgIpc) is 4.04. The minimum atomic E-state index is -1.32. The molecule has 0 spiro atoms. The van der Waals surface area contributed by atoms with Gasteiger partial charge in [0.2, 0.25) is 23.6 Å². The third-order valence-electron chi connectivity index (χ3n) is 13.2. The number of unbranched alkanes of at least 4 members (excludes halogenated alkanes) is 8. The molecule has 6 N–H and O–H groups in total. The number of nitrogens with one attached hydrogen (secondary N) is 6. The largest absolute Gasteiger partial charge is 0.351 e. The number of amides is 5. The SMILES string of the molecule is Cc1ncsc1-c1ccc([C@H](C)NC(=O)[C@@H]2C[C@@H](NC(=O)CCCCN=[N+]=[N-])CN2C(=O)[C@@H](NC(=O)CCCCCCCCCCNCCCONC(=O)c2ccc(F)c(F)c2Nc2ccc(I)cc2F)C(C)(C)C)cc1. The second kappa shape index (κ2) is 31.6. The Labute approximate surface area is 467 Å². The number of aromatic nitrogens is 1. The summed E-state index contributed by atoms with van der Waals surface area (Å²) in [5, 5.41) is 18.5. The predicted octanol–water partition coefficient (Wildman–Crippen LogP) is 11.0. The van der Waals surface area contributed by atoms with Crippen molar-refractivity contribution in [2.24, 2.45) is 10.5 Å². The number of halogens is 4. The molecule has 0 aliphatic carbocycles. The summed E-state index contributed by atoms with van der Waals surface area (Å²) in [5.41, 5.74) is 13.9. The highest BCUT2D eigenvalue weighted by Gasteiger charge is 2.45. The van der Waals surface area contributed by atoms with Crippen LogP contribution in [0.15, 0.2) is 65.2 Å². The maximum absolute atomic E-state index is 14.7. The topological polar surface area (TPSA) is 232 Å². The van der Waals surface area contributed by atoms with Crippen molar-refractivity contribution in [3.63, 3.8) is 0 Å². The Kier molecular flexibility index (Phi) is 25.4. The zero-order valence-corrected chi connectivity index (χ0v) is 47.6. The normalized spacial score (nSPS) is 15.1. The maximum atomic E-state index is 14.7. The molecule has 1 aliphatic heterocycles. The number of thiazole rings is 1. The Hall–Kier alpha value is -5.81. The monoisotopic (exact) mass is 1200 g/mol. The smallest absolute Gasteiger partial charge is 0.277 e. The fraction of sp³-hybridized carbons (Fsp3) is 0.527. The number of carbonyl (C=O) groups is 5. The molecule has 2 heterocycles. The quantitative estimate of drug-likeness (QED) is 0.00702. The number of azide groups is 1. The Morgan fingerprint density at radius 2 is 1.55 bits per heavy atom. The fourth-order valence-corrected chi connectivity index (χ4v) is 10.2. The predicted molar refractivity (Wildman–Crippen MR) is 301 cm³/mol. The van der Waals surface area contributed by atoms with Gasteiger partial charge in [-0.25, -0.2) is 23.6 Å². The zero-order chi connectivity index (χ0) is 55.9. The summed E-state index contributed by atoms with van der Waals surface area (Å²) >= 11 is 3.48. The van der Waals surface area contributed by atoms with E-state index in [1.807, 2.05) is 87.0 Å². The Bertz CT molecular complexity index is 2650. The number of likely N-dealkylation sites (tertiary alicyclic amines) is 1. The molecule has 0 unspecified atom stereocenters. The first-order valence-corrected chi connectivity index (χ1v) is 28.4. The number of rotatable bonds is 31. The van der Waals surface area contributed by atoms with Crippen molar-refractivity contribution in [2.45, 2.75) is 149 Å². The van der Waals surface area contributed by atoms with E-state index in [-0.39, 0.29) is 73.3 Å². The van der Waals surface area contributed by atoms with Gasteiger partial charge < -0.3 is 31.5 Å². The molecule has 4 aromatic rings. The summed E-state index contributed by atoms with van der Waals surface area (Å²) in [4.78, 5) is 82.9. The minimum Gasteiger partial charge on any atom is -0.351 e. The van der Waals surface area contributed by atoms with Crippen molar-refractivity contribution < 1.29 is 42.0 Å². The zero-order valence-electron chi connectivity index (χ0n) is 44.6.